The van der Waals surface area contributed by atoms with Crippen LogP contribution in [0.2, 0.25) is 15.1 Å². The summed E-state index contributed by atoms with van der Waals surface area (Å²) in [5, 5.41) is 3.98. The summed E-state index contributed by atoms with van der Waals surface area (Å²) in [5.74, 6) is 0.256. The van der Waals surface area contributed by atoms with E-state index in [9.17, 15) is 9.59 Å². The highest BCUT2D eigenvalue weighted by atomic mass is 35.5. The SMILES string of the molecule is COc1ccc(Cl)cc1CN1CCN(C(=O)CNC(=O)c2ccc(Cl)cc2Cl)CC1. The number of piperazine rings is 1. The van der Waals surface area contributed by atoms with Gasteiger partial charge in [-0.15, -0.1) is 0 Å². The van der Waals surface area contributed by atoms with Crippen LogP contribution in [0.15, 0.2) is 36.4 Å². The summed E-state index contributed by atoms with van der Waals surface area (Å²) in [6.45, 7) is 3.22. The zero-order chi connectivity index (χ0) is 21.7. The van der Waals surface area contributed by atoms with Crippen LogP contribution in [-0.4, -0.2) is 61.4 Å². The van der Waals surface area contributed by atoms with Crippen LogP contribution in [0.5, 0.6) is 5.75 Å². The highest BCUT2D eigenvalue weighted by Crippen LogP contribution is 2.24. The highest BCUT2D eigenvalue weighted by Gasteiger charge is 2.22. The van der Waals surface area contributed by atoms with Gasteiger partial charge in [-0.3, -0.25) is 14.5 Å². The zero-order valence-corrected chi connectivity index (χ0v) is 18.7. The normalized spacial score (nSPS) is 14.5. The lowest BCUT2D eigenvalue weighted by Gasteiger charge is -2.35. The lowest BCUT2D eigenvalue weighted by atomic mass is 10.1. The average molecular weight is 471 g/mol. The third-order valence-electron chi connectivity index (χ3n) is 4.94. The molecule has 0 saturated carbocycles. The highest BCUT2D eigenvalue weighted by molar-refractivity contribution is 6.36. The van der Waals surface area contributed by atoms with E-state index < -0.39 is 5.91 Å². The first-order chi connectivity index (χ1) is 14.4. The van der Waals surface area contributed by atoms with Gasteiger partial charge in [-0.25, -0.2) is 0 Å². The molecule has 1 saturated heterocycles. The van der Waals surface area contributed by atoms with Crippen molar-refractivity contribution in [1.29, 1.82) is 0 Å². The molecule has 1 aliphatic rings. The van der Waals surface area contributed by atoms with E-state index in [0.29, 0.717) is 29.7 Å². The fourth-order valence-electron chi connectivity index (χ4n) is 3.30. The Kier molecular flexibility index (Phi) is 7.83. The molecule has 0 unspecified atom stereocenters. The molecular formula is C21H22Cl3N3O3. The van der Waals surface area contributed by atoms with Crippen LogP contribution in [-0.2, 0) is 11.3 Å². The number of ether oxygens (including phenoxy) is 1. The van der Waals surface area contributed by atoms with Gasteiger partial charge in [0.2, 0.25) is 5.91 Å². The molecule has 3 rings (SSSR count). The van der Waals surface area contributed by atoms with Crippen molar-refractivity contribution in [3.05, 3.63) is 62.6 Å². The molecule has 2 aromatic carbocycles. The lowest BCUT2D eigenvalue weighted by Crippen LogP contribution is -2.50. The molecule has 0 spiro atoms. The molecule has 2 aromatic rings. The van der Waals surface area contributed by atoms with Gasteiger partial charge < -0.3 is 15.0 Å². The van der Waals surface area contributed by atoms with E-state index in [4.69, 9.17) is 39.5 Å². The Morgan fingerprint density at radius 2 is 1.67 bits per heavy atom. The molecule has 1 heterocycles. The Morgan fingerprint density at radius 1 is 1.00 bits per heavy atom. The number of nitrogens with one attached hydrogen (secondary N) is 1. The number of hydrogen-bond acceptors (Lipinski definition) is 4. The van der Waals surface area contributed by atoms with Crippen molar-refractivity contribution < 1.29 is 14.3 Å². The molecule has 0 atom stereocenters. The number of hydrogen-bond donors (Lipinski definition) is 1. The van der Waals surface area contributed by atoms with Gasteiger partial charge in [-0.05, 0) is 36.4 Å². The van der Waals surface area contributed by atoms with E-state index >= 15 is 0 Å². The molecule has 2 amide bonds. The van der Waals surface area contributed by atoms with Crippen molar-refractivity contribution in [3.63, 3.8) is 0 Å². The molecular weight excluding hydrogens is 449 g/mol. The molecule has 0 radical (unpaired) electrons. The first kappa shape index (κ1) is 22.7. The fourth-order valence-corrected chi connectivity index (χ4v) is 3.99. The van der Waals surface area contributed by atoms with Crippen LogP contribution in [0.4, 0.5) is 0 Å². The summed E-state index contributed by atoms with van der Waals surface area (Å²) in [6.07, 6.45) is 0. The molecule has 1 N–H and O–H groups in total. The second kappa shape index (κ2) is 10.4. The van der Waals surface area contributed by atoms with Gasteiger partial charge in [-0.2, -0.15) is 0 Å². The average Bonchev–Trinajstić information content (AvgIpc) is 2.72. The van der Waals surface area contributed by atoms with E-state index in [1.54, 1.807) is 24.1 Å². The predicted octanol–water partition coefficient (Wildman–Crippen LogP) is 3.73. The molecule has 1 aliphatic heterocycles. The van der Waals surface area contributed by atoms with Gasteiger partial charge in [0.15, 0.2) is 0 Å². The number of carbonyl (C=O) groups excluding carboxylic acids is 2. The number of carbonyl (C=O) groups is 2. The lowest BCUT2D eigenvalue weighted by molar-refractivity contribution is -0.131. The summed E-state index contributed by atoms with van der Waals surface area (Å²) < 4.78 is 5.40. The molecule has 0 bridgehead atoms. The first-order valence-corrected chi connectivity index (χ1v) is 10.6. The van der Waals surface area contributed by atoms with Crippen molar-refractivity contribution in [2.45, 2.75) is 6.54 Å². The predicted molar refractivity (Wildman–Crippen MR) is 119 cm³/mol. The second-order valence-corrected chi connectivity index (χ2v) is 8.20. The monoisotopic (exact) mass is 469 g/mol. The maximum Gasteiger partial charge on any atom is 0.253 e. The van der Waals surface area contributed by atoms with Crippen molar-refractivity contribution in [2.24, 2.45) is 0 Å². The largest absolute Gasteiger partial charge is 0.496 e. The Hall–Kier alpha value is -1.99. The maximum atomic E-state index is 12.5. The topological polar surface area (TPSA) is 61.9 Å². The van der Waals surface area contributed by atoms with E-state index in [-0.39, 0.29) is 23.0 Å². The minimum absolute atomic E-state index is 0.0834. The van der Waals surface area contributed by atoms with Gasteiger partial charge in [-0.1, -0.05) is 34.8 Å². The third-order valence-corrected chi connectivity index (χ3v) is 5.72. The Morgan fingerprint density at radius 3 is 2.33 bits per heavy atom. The van der Waals surface area contributed by atoms with Gasteiger partial charge in [0.05, 0.1) is 24.2 Å². The van der Waals surface area contributed by atoms with E-state index in [1.165, 1.54) is 12.1 Å². The summed E-state index contributed by atoms with van der Waals surface area (Å²) in [6, 6.07) is 10.2. The van der Waals surface area contributed by atoms with Crippen molar-refractivity contribution in [3.8, 4) is 5.75 Å². The molecule has 30 heavy (non-hydrogen) atoms. The smallest absolute Gasteiger partial charge is 0.253 e. The minimum Gasteiger partial charge on any atom is -0.496 e. The Balaban J connectivity index is 1.48. The zero-order valence-electron chi connectivity index (χ0n) is 16.5. The van der Waals surface area contributed by atoms with Crippen LogP contribution in [0.3, 0.4) is 0 Å². The van der Waals surface area contributed by atoms with Gasteiger partial charge in [0.25, 0.3) is 5.91 Å². The van der Waals surface area contributed by atoms with Crippen LogP contribution >= 0.6 is 34.8 Å². The molecule has 160 valence electrons. The number of nitrogens with zero attached hydrogens (tertiary/aromatic N) is 2. The van der Waals surface area contributed by atoms with Gasteiger partial charge in [0.1, 0.15) is 5.75 Å². The summed E-state index contributed by atoms with van der Waals surface area (Å²) in [4.78, 5) is 28.7. The summed E-state index contributed by atoms with van der Waals surface area (Å²) in [5.41, 5.74) is 1.30. The van der Waals surface area contributed by atoms with Gasteiger partial charge in [0, 0.05) is 48.3 Å². The molecule has 0 aliphatic carbocycles. The molecule has 9 heteroatoms. The number of rotatable bonds is 6. The quantitative estimate of drug-likeness (QED) is 0.699. The van der Waals surface area contributed by atoms with Gasteiger partial charge >= 0.3 is 0 Å². The Labute approximate surface area is 190 Å². The minimum atomic E-state index is -0.406. The van der Waals surface area contributed by atoms with E-state index in [2.05, 4.69) is 10.2 Å². The van der Waals surface area contributed by atoms with Crippen LogP contribution in [0, 0.1) is 0 Å². The Bertz CT molecular complexity index is 931. The van der Waals surface area contributed by atoms with E-state index in [1.807, 2.05) is 12.1 Å². The second-order valence-electron chi connectivity index (χ2n) is 6.92. The van der Waals surface area contributed by atoms with Crippen molar-refractivity contribution in [1.82, 2.24) is 15.1 Å². The fraction of sp³-hybridized carbons (Fsp3) is 0.333. The first-order valence-electron chi connectivity index (χ1n) is 9.43. The van der Waals surface area contributed by atoms with Crippen molar-refractivity contribution >= 4 is 46.6 Å². The van der Waals surface area contributed by atoms with E-state index in [0.717, 1.165) is 24.4 Å². The maximum absolute atomic E-state index is 12.5. The van der Waals surface area contributed by atoms with Crippen molar-refractivity contribution in [2.75, 3.05) is 39.8 Å². The molecule has 0 aromatic heterocycles. The standard InChI is InChI=1S/C21H22Cl3N3O3/c1-30-19-5-3-15(22)10-14(19)13-26-6-8-27(9-7-26)20(28)12-25-21(29)17-4-2-16(23)11-18(17)24/h2-5,10-11H,6-9,12-13H2,1H3,(H,25,29). The number of benzene rings is 2. The third kappa shape index (κ3) is 5.79. The molecule has 1 fully saturated rings. The number of amides is 2. The number of halogens is 3. The van der Waals surface area contributed by atoms with Crippen LogP contribution in [0.25, 0.3) is 0 Å². The van der Waals surface area contributed by atoms with Crippen LogP contribution in [0.1, 0.15) is 15.9 Å². The number of methoxy groups -OCH3 is 1. The summed E-state index contributed by atoms with van der Waals surface area (Å²) in [7, 11) is 1.63. The van der Waals surface area contributed by atoms with Crippen LogP contribution < -0.4 is 10.1 Å². The molecule has 6 nitrogen and oxygen atoms in total. The summed E-state index contributed by atoms with van der Waals surface area (Å²) >= 11 is 18.0.